The number of methoxy groups -OCH3 is 1. The van der Waals surface area contributed by atoms with E-state index in [9.17, 15) is 9.18 Å². The third-order valence-electron chi connectivity index (χ3n) is 2.88. The summed E-state index contributed by atoms with van der Waals surface area (Å²) < 4.78 is 23.4. The Hall–Kier alpha value is -2.30. The average Bonchev–Trinajstić information content (AvgIpc) is 2.76. The standard InChI is InChI=1S/C15H16FNO3/c1-9-4-11(16)6-12(5-9)17-8-13-7-14(10(2)20-13)15(18)19-3/h4-7,17H,8H2,1-3H3. The van der Waals surface area contributed by atoms with E-state index in [-0.39, 0.29) is 5.82 Å². The van der Waals surface area contributed by atoms with Crippen LogP contribution in [0.25, 0.3) is 0 Å². The summed E-state index contributed by atoms with van der Waals surface area (Å²) in [5, 5.41) is 3.05. The lowest BCUT2D eigenvalue weighted by molar-refractivity contribution is 0.0599. The number of rotatable bonds is 4. The lowest BCUT2D eigenvalue weighted by Gasteiger charge is -2.05. The summed E-state index contributed by atoms with van der Waals surface area (Å²) in [6.07, 6.45) is 0. The Morgan fingerprint density at radius 1 is 1.30 bits per heavy atom. The van der Waals surface area contributed by atoms with E-state index in [2.05, 4.69) is 10.1 Å². The van der Waals surface area contributed by atoms with Crippen LogP contribution in [0.1, 0.15) is 27.4 Å². The molecule has 0 saturated heterocycles. The van der Waals surface area contributed by atoms with Gasteiger partial charge in [-0.1, -0.05) is 0 Å². The van der Waals surface area contributed by atoms with Gasteiger partial charge in [0, 0.05) is 5.69 Å². The minimum Gasteiger partial charge on any atom is -0.465 e. The van der Waals surface area contributed by atoms with Gasteiger partial charge in [0.2, 0.25) is 0 Å². The smallest absolute Gasteiger partial charge is 0.341 e. The number of esters is 1. The molecular weight excluding hydrogens is 261 g/mol. The van der Waals surface area contributed by atoms with Crippen LogP contribution in [0.15, 0.2) is 28.7 Å². The number of aryl methyl sites for hydroxylation is 2. The van der Waals surface area contributed by atoms with Crippen LogP contribution in [-0.2, 0) is 11.3 Å². The van der Waals surface area contributed by atoms with Crippen molar-refractivity contribution in [2.45, 2.75) is 20.4 Å². The number of furan rings is 1. The molecule has 0 radical (unpaired) electrons. The lowest BCUT2D eigenvalue weighted by Crippen LogP contribution is -2.01. The molecule has 4 nitrogen and oxygen atoms in total. The molecule has 1 N–H and O–H groups in total. The fraction of sp³-hybridized carbons (Fsp3) is 0.267. The van der Waals surface area contributed by atoms with Gasteiger partial charge in [-0.3, -0.25) is 0 Å². The number of halogens is 1. The van der Waals surface area contributed by atoms with Gasteiger partial charge in [0.05, 0.1) is 13.7 Å². The number of carbonyl (C=O) groups excluding carboxylic acids is 1. The molecule has 0 atom stereocenters. The number of anilines is 1. The number of ether oxygens (including phenoxy) is 1. The molecule has 1 aromatic heterocycles. The molecule has 1 heterocycles. The minimum atomic E-state index is -0.431. The Labute approximate surface area is 116 Å². The zero-order valence-corrected chi connectivity index (χ0v) is 11.6. The van der Waals surface area contributed by atoms with Gasteiger partial charge in [0.1, 0.15) is 22.9 Å². The van der Waals surface area contributed by atoms with E-state index in [1.165, 1.54) is 19.2 Å². The summed E-state index contributed by atoms with van der Waals surface area (Å²) in [5.74, 6) is 0.367. The summed E-state index contributed by atoms with van der Waals surface area (Å²) in [6, 6.07) is 6.32. The van der Waals surface area contributed by atoms with Gasteiger partial charge in [0.15, 0.2) is 0 Å². The first-order valence-electron chi connectivity index (χ1n) is 6.18. The van der Waals surface area contributed by atoms with Crippen LogP contribution in [0, 0.1) is 19.7 Å². The van der Waals surface area contributed by atoms with E-state index in [1.807, 2.05) is 13.0 Å². The second kappa shape index (κ2) is 5.77. The molecule has 0 spiro atoms. The van der Waals surface area contributed by atoms with Crippen LogP contribution in [0.5, 0.6) is 0 Å². The molecule has 0 amide bonds. The van der Waals surface area contributed by atoms with Crippen molar-refractivity contribution < 1.29 is 18.3 Å². The largest absolute Gasteiger partial charge is 0.465 e. The van der Waals surface area contributed by atoms with Crippen LogP contribution in [0.2, 0.25) is 0 Å². The maximum Gasteiger partial charge on any atom is 0.341 e. The van der Waals surface area contributed by atoms with Gasteiger partial charge in [0.25, 0.3) is 0 Å². The highest BCUT2D eigenvalue weighted by Gasteiger charge is 2.15. The molecule has 0 aliphatic heterocycles. The topological polar surface area (TPSA) is 51.5 Å². The van der Waals surface area contributed by atoms with Crippen molar-refractivity contribution in [3.05, 3.63) is 52.7 Å². The molecule has 5 heteroatoms. The molecule has 20 heavy (non-hydrogen) atoms. The van der Waals surface area contributed by atoms with Gasteiger partial charge >= 0.3 is 5.97 Å². The normalized spacial score (nSPS) is 10.4. The fourth-order valence-electron chi connectivity index (χ4n) is 1.97. The number of hydrogen-bond donors (Lipinski definition) is 1. The molecule has 2 rings (SSSR count). The maximum atomic E-state index is 13.2. The highest BCUT2D eigenvalue weighted by atomic mass is 19.1. The zero-order chi connectivity index (χ0) is 14.7. The minimum absolute atomic E-state index is 0.293. The highest BCUT2D eigenvalue weighted by molar-refractivity contribution is 5.90. The first-order valence-corrected chi connectivity index (χ1v) is 6.18. The van der Waals surface area contributed by atoms with Crippen molar-refractivity contribution in [1.29, 1.82) is 0 Å². The number of carbonyl (C=O) groups is 1. The molecule has 0 fully saturated rings. The Morgan fingerprint density at radius 3 is 2.70 bits per heavy atom. The molecule has 0 unspecified atom stereocenters. The SMILES string of the molecule is COC(=O)c1cc(CNc2cc(C)cc(F)c2)oc1C. The van der Waals surface area contributed by atoms with Gasteiger partial charge < -0.3 is 14.5 Å². The van der Waals surface area contributed by atoms with E-state index in [0.717, 1.165) is 5.56 Å². The van der Waals surface area contributed by atoms with Crippen LogP contribution in [-0.4, -0.2) is 13.1 Å². The van der Waals surface area contributed by atoms with Crippen molar-refractivity contribution in [3.63, 3.8) is 0 Å². The Balaban J connectivity index is 2.09. The van der Waals surface area contributed by atoms with E-state index in [4.69, 9.17) is 4.42 Å². The summed E-state index contributed by atoms with van der Waals surface area (Å²) in [4.78, 5) is 11.5. The summed E-state index contributed by atoms with van der Waals surface area (Å²) in [7, 11) is 1.32. The molecule has 106 valence electrons. The average molecular weight is 277 g/mol. The monoisotopic (exact) mass is 277 g/mol. The Kier molecular flexibility index (Phi) is 4.08. The van der Waals surface area contributed by atoms with Crippen molar-refractivity contribution in [2.24, 2.45) is 0 Å². The number of nitrogens with one attached hydrogen (secondary N) is 1. The first kappa shape index (κ1) is 14.1. The van der Waals surface area contributed by atoms with Crippen molar-refractivity contribution in [2.75, 3.05) is 12.4 Å². The van der Waals surface area contributed by atoms with Gasteiger partial charge in [-0.2, -0.15) is 0 Å². The highest BCUT2D eigenvalue weighted by Crippen LogP contribution is 2.18. The van der Waals surface area contributed by atoms with Crippen LogP contribution >= 0.6 is 0 Å². The van der Waals surface area contributed by atoms with E-state index in [1.54, 1.807) is 13.0 Å². The summed E-state index contributed by atoms with van der Waals surface area (Å²) >= 11 is 0. The molecule has 0 bridgehead atoms. The number of benzene rings is 1. The van der Waals surface area contributed by atoms with E-state index >= 15 is 0 Å². The van der Waals surface area contributed by atoms with Gasteiger partial charge in [-0.05, 0) is 43.7 Å². The van der Waals surface area contributed by atoms with Crippen LogP contribution in [0.3, 0.4) is 0 Å². The summed E-state index contributed by atoms with van der Waals surface area (Å²) in [5.41, 5.74) is 1.90. The molecule has 1 aromatic carbocycles. The van der Waals surface area contributed by atoms with Gasteiger partial charge in [-0.15, -0.1) is 0 Å². The molecule has 0 aliphatic carbocycles. The van der Waals surface area contributed by atoms with Crippen molar-refractivity contribution in [1.82, 2.24) is 0 Å². The lowest BCUT2D eigenvalue weighted by atomic mass is 10.2. The number of hydrogen-bond acceptors (Lipinski definition) is 4. The first-order chi connectivity index (χ1) is 9.49. The van der Waals surface area contributed by atoms with E-state index in [0.29, 0.717) is 29.3 Å². The van der Waals surface area contributed by atoms with Crippen LogP contribution in [0.4, 0.5) is 10.1 Å². The predicted octanol–water partition coefficient (Wildman–Crippen LogP) is 3.43. The Morgan fingerprint density at radius 2 is 2.05 bits per heavy atom. The predicted molar refractivity (Wildman–Crippen MR) is 73.2 cm³/mol. The second-order valence-electron chi connectivity index (χ2n) is 4.54. The second-order valence-corrected chi connectivity index (χ2v) is 4.54. The van der Waals surface area contributed by atoms with Crippen molar-refractivity contribution >= 4 is 11.7 Å². The molecule has 2 aromatic rings. The van der Waals surface area contributed by atoms with Crippen LogP contribution < -0.4 is 5.32 Å². The van der Waals surface area contributed by atoms with Gasteiger partial charge in [-0.25, -0.2) is 9.18 Å². The van der Waals surface area contributed by atoms with E-state index < -0.39 is 5.97 Å². The fourth-order valence-corrected chi connectivity index (χ4v) is 1.97. The zero-order valence-electron chi connectivity index (χ0n) is 11.6. The third kappa shape index (κ3) is 3.17. The third-order valence-corrected chi connectivity index (χ3v) is 2.88. The molecular formula is C15H16FNO3. The molecule has 0 aliphatic rings. The van der Waals surface area contributed by atoms with Crippen molar-refractivity contribution in [3.8, 4) is 0 Å². The Bertz CT molecular complexity index is 614. The molecule has 0 saturated carbocycles. The quantitative estimate of drug-likeness (QED) is 0.870. The maximum absolute atomic E-state index is 13.2. The summed E-state index contributed by atoms with van der Waals surface area (Å²) in [6.45, 7) is 3.88.